The van der Waals surface area contributed by atoms with Crippen molar-refractivity contribution in [3.8, 4) is 11.5 Å². The zero-order valence-electron chi connectivity index (χ0n) is 20.5. The van der Waals surface area contributed by atoms with Crippen molar-refractivity contribution in [1.82, 2.24) is 4.90 Å². The van der Waals surface area contributed by atoms with E-state index in [1.165, 1.54) is 0 Å². The largest absolute Gasteiger partial charge is 0.493 e. The number of nitrogens with one attached hydrogen (secondary N) is 1. The third-order valence-electron chi connectivity index (χ3n) is 5.98. The molecule has 1 N–H and O–H groups in total. The number of hydrogen-bond acceptors (Lipinski definition) is 6. The number of methoxy groups -OCH3 is 1. The first-order valence-corrected chi connectivity index (χ1v) is 12.7. The predicted octanol–water partition coefficient (Wildman–Crippen LogP) is 6.10. The van der Waals surface area contributed by atoms with E-state index in [0.717, 1.165) is 33.0 Å². The molecule has 1 aliphatic rings. The lowest BCUT2D eigenvalue weighted by Gasteiger charge is -2.13. The zero-order chi connectivity index (χ0) is 26.5. The van der Waals surface area contributed by atoms with Gasteiger partial charge >= 0.3 is 0 Å². The van der Waals surface area contributed by atoms with Gasteiger partial charge in [-0.3, -0.25) is 19.3 Å². The summed E-state index contributed by atoms with van der Waals surface area (Å²) in [6.45, 7) is 0.00215. The Morgan fingerprint density at radius 1 is 0.921 bits per heavy atom. The van der Waals surface area contributed by atoms with E-state index >= 15 is 0 Å². The molecular formula is C30H24N2O5S. The van der Waals surface area contributed by atoms with E-state index in [1.54, 1.807) is 55.7 Å². The van der Waals surface area contributed by atoms with Gasteiger partial charge in [0.2, 0.25) is 5.91 Å². The van der Waals surface area contributed by atoms with Gasteiger partial charge in [0.15, 0.2) is 11.5 Å². The average Bonchev–Trinajstić information content (AvgIpc) is 3.19. The number of para-hydroxylation sites is 1. The summed E-state index contributed by atoms with van der Waals surface area (Å²) in [5, 5.41) is 4.46. The number of nitrogens with zero attached hydrogens (tertiary/aromatic N) is 1. The van der Waals surface area contributed by atoms with Gasteiger partial charge in [0.05, 0.1) is 12.0 Å². The van der Waals surface area contributed by atoms with Crippen molar-refractivity contribution in [2.45, 2.75) is 6.61 Å². The number of rotatable bonds is 8. The summed E-state index contributed by atoms with van der Waals surface area (Å²) in [6.07, 6.45) is 1.61. The van der Waals surface area contributed by atoms with E-state index in [1.807, 2.05) is 30.3 Å². The Balaban J connectivity index is 1.27. The number of thioether (sulfide) groups is 1. The fourth-order valence-corrected chi connectivity index (χ4v) is 4.96. The molecule has 0 bridgehead atoms. The standard InChI is InChI=1S/C30H24N2O5S/c1-36-26-16-20(14-15-25(26)37-19-22-10-7-9-21-8-5-6-13-24(21)22)17-27-29(34)32(30(35)38-27)18-28(33)31-23-11-3-2-4-12-23/h2-17H,18-19H2,1H3,(H,31,33)/b27-17+. The minimum Gasteiger partial charge on any atom is -0.493 e. The average molecular weight is 525 g/mol. The molecule has 1 saturated heterocycles. The number of fused-ring (bicyclic) bond motifs is 1. The third kappa shape index (κ3) is 5.55. The Kier molecular flexibility index (Phi) is 7.42. The fraction of sp³-hybridized carbons (Fsp3) is 0.100. The lowest BCUT2D eigenvalue weighted by molar-refractivity contribution is -0.127. The first-order valence-electron chi connectivity index (χ1n) is 11.9. The molecule has 4 aromatic rings. The monoisotopic (exact) mass is 524 g/mol. The van der Waals surface area contributed by atoms with Gasteiger partial charge in [-0.2, -0.15) is 0 Å². The van der Waals surface area contributed by atoms with Crippen LogP contribution in [0.2, 0.25) is 0 Å². The highest BCUT2D eigenvalue weighted by Crippen LogP contribution is 2.35. The van der Waals surface area contributed by atoms with Crippen LogP contribution in [0.25, 0.3) is 16.8 Å². The van der Waals surface area contributed by atoms with E-state index in [2.05, 4.69) is 23.5 Å². The van der Waals surface area contributed by atoms with Gasteiger partial charge in [0, 0.05) is 5.69 Å². The molecule has 0 unspecified atom stereocenters. The highest BCUT2D eigenvalue weighted by atomic mass is 32.2. The maximum atomic E-state index is 12.9. The summed E-state index contributed by atoms with van der Waals surface area (Å²) in [5.74, 6) is 0.0938. The van der Waals surface area contributed by atoms with E-state index in [9.17, 15) is 14.4 Å². The molecule has 0 saturated carbocycles. The van der Waals surface area contributed by atoms with Gasteiger partial charge in [-0.05, 0) is 64.0 Å². The molecule has 1 fully saturated rings. The zero-order valence-corrected chi connectivity index (χ0v) is 21.4. The van der Waals surface area contributed by atoms with Crippen molar-refractivity contribution in [1.29, 1.82) is 0 Å². The van der Waals surface area contributed by atoms with Gasteiger partial charge in [-0.25, -0.2) is 0 Å². The molecule has 38 heavy (non-hydrogen) atoms. The minimum absolute atomic E-state index is 0.231. The molecule has 8 heteroatoms. The number of carbonyl (C=O) groups excluding carboxylic acids is 3. The number of ether oxygens (including phenoxy) is 2. The third-order valence-corrected chi connectivity index (χ3v) is 6.89. The summed E-state index contributed by atoms with van der Waals surface area (Å²) >= 11 is 0.798. The Morgan fingerprint density at radius 3 is 2.50 bits per heavy atom. The van der Waals surface area contributed by atoms with Crippen LogP contribution in [-0.4, -0.2) is 35.6 Å². The van der Waals surface area contributed by atoms with Crippen molar-refractivity contribution < 1.29 is 23.9 Å². The van der Waals surface area contributed by atoms with Crippen LogP contribution in [0.1, 0.15) is 11.1 Å². The van der Waals surface area contributed by atoms with Crippen LogP contribution in [0, 0.1) is 0 Å². The van der Waals surface area contributed by atoms with Crippen molar-refractivity contribution in [3.63, 3.8) is 0 Å². The van der Waals surface area contributed by atoms with Crippen molar-refractivity contribution in [3.05, 3.63) is 107 Å². The molecular weight excluding hydrogens is 500 g/mol. The fourth-order valence-electron chi connectivity index (χ4n) is 4.12. The molecule has 4 aromatic carbocycles. The van der Waals surface area contributed by atoms with Crippen molar-refractivity contribution in [2.24, 2.45) is 0 Å². The molecule has 1 heterocycles. The second-order valence-electron chi connectivity index (χ2n) is 8.52. The second kappa shape index (κ2) is 11.2. The summed E-state index contributed by atoms with van der Waals surface area (Å²) in [6, 6.07) is 28.4. The van der Waals surface area contributed by atoms with Crippen LogP contribution in [0.4, 0.5) is 10.5 Å². The molecule has 0 spiro atoms. The number of imide groups is 1. The molecule has 190 valence electrons. The van der Waals surface area contributed by atoms with E-state index in [0.29, 0.717) is 29.4 Å². The highest BCUT2D eigenvalue weighted by molar-refractivity contribution is 8.18. The van der Waals surface area contributed by atoms with Gasteiger partial charge in [0.25, 0.3) is 11.1 Å². The smallest absolute Gasteiger partial charge is 0.294 e. The van der Waals surface area contributed by atoms with Gasteiger partial charge in [0.1, 0.15) is 13.2 Å². The van der Waals surface area contributed by atoms with Crippen molar-refractivity contribution >= 4 is 51.4 Å². The van der Waals surface area contributed by atoms with Crippen LogP contribution >= 0.6 is 11.8 Å². The van der Waals surface area contributed by atoms with Crippen LogP contribution in [0.5, 0.6) is 11.5 Å². The van der Waals surface area contributed by atoms with Gasteiger partial charge in [-0.15, -0.1) is 0 Å². The lowest BCUT2D eigenvalue weighted by atomic mass is 10.1. The maximum absolute atomic E-state index is 12.9. The summed E-state index contributed by atoms with van der Waals surface area (Å²) in [5.41, 5.74) is 2.31. The summed E-state index contributed by atoms with van der Waals surface area (Å²) in [4.78, 5) is 38.9. The number of amides is 3. The van der Waals surface area contributed by atoms with Crippen LogP contribution in [-0.2, 0) is 16.2 Å². The molecule has 0 atom stereocenters. The van der Waals surface area contributed by atoms with E-state index in [-0.39, 0.29) is 11.4 Å². The number of carbonyl (C=O) groups is 3. The Morgan fingerprint density at radius 2 is 1.68 bits per heavy atom. The van der Waals surface area contributed by atoms with E-state index in [4.69, 9.17) is 9.47 Å². The van der Waals surface area contributed by atoms with Crippen LogP contribution < -0.4 is 14.8 Å². The van der Waals surface area contributed by atoms with Crippen LogP contribution in [0.3, 0.4) is 0 Å². The minimum atomic E-state index is -0.515. The lowest BCUT2D eigenvalue weighted by Crippen LogP contribution is -2.36. The second-order valence-corrected chi connectivity index (χ2v) is 9.51. The van der Waals surface area contributed by atoms with Gasteiger partial charge in [-0.1, -0.05) is 66.7 Å². The molecule has 0 aromatic heterocycles. The first-order chi connectivity index (χ1) is 18.5. The summed E-state index contributed by atoms with van der Waals surface area (Å²) < 4.78 is 11.6. The SMILES string of the molecule is COc1cc(/C=C2/SC(=O)N(CC(=O)Nc3ccccc3)C2=O)ccc1OCc1cccc2ccccc12. The normalized spacial score (nSPS) is 14.2. The summed E-state index contributed by atoms with van der Waals surface area (Å²) in [7, 11) is 1.54. The number of anilines is 1. The quantitative estimate of drug-likeness (QED) is 0.280. The first kappa shape index (κ1) is 25.1. The van der Waals surface area contributed by atoms with Crippen LogP contribution in [0.15, 0.2) is 95.9 Å². The maximum Gasteiger partial charge on any atom is 0.294 e. The predicted molar refractivity (Wildman–Crippen MR) is 149 cm³/mol. The topological polar surface area (TPSA) is 84.9 Å². The Bertz CT molecular complexity index is 1550. The molecule has 1 aliphatic heterocycles. The molecule has 0 aliphatic carbocycles. The molecule has 7 nitrogen and oxygen atoms in total. The van der Waals surface area contributed by atoms with Gasteiger partial charge < -0.3 is 14.8 Å². The van der Waals surface area contributed by atoms with E-state index < -0.39 is 17.1 Å². The number of benzene rings is 4. The molecule has 0 radical (unpaired) electrons. The molecule has 5 rings (SSSR count). The Hall–Kier alpha value is -4.56. The highest BCUT2D eigenvalue weighted by Gasteiger charge is 2.36. The molecule has 3 amide bonds. The Labute approximate surface area is 224 Å². The number of hydrogen-bond donors (Lipinski definition) is 1. The van der Waals surface area contributed by atoms with Crippen molar-refractivity contribution in [2.75, 3.05) is 19.0 Å².